The normalized spacial score (nSPS) is 8.67. The molecule has 0 spiro atoms. The molecule has 4 N–H and O–H groups in total. The fraction of sp³-hybridized carbons (Fsp3) is 0. The van der Waals surface area contributed by atoms with Gasteiger partial charge in [0.05, 0.1) is 0 Å². The Morgan fingerprint density at radius 2 is 2.08 bits per heavy atom. The number of carboxylic acid groups (broad SMARTS) is 1. The number of hydrogen-bond donors (Lipinski definition) is 3. The van der Waals surface area contributed by atoms with Gasteiger partial charge in [-0.1, -0.05) is 0 Å². The Bertz CT molecular complexity index is 309. The van der Waals surface area contributed by atoms with Crippen LogP contribution in [0.4, 0.5) is 5.69 Å². The second-order valence-electron chi connectivity index (χ2n) is 2.08. The minimum absolute atomic E-state index is 0. The zero-order valence-electron chi connectivity index (χ0n) is 8.32. The van der Waals surface area contributed by atoms with Crippen LogP contribution in [0, 0.1) is 0 Å². The minimum atomic E-state index is -1.19. The van der Waals surface area contributed by atoms with Crippen LogP contribution in [0.1, 0.15) is 13.2 Å². The van der Waals surface area contributed by atoms with Gasteiger partial charge < -0.3 is 18.8 Å². The number of anilines is 1. The molecule has 0 aliphatic heterocycles. The fourth-order valence-corrected chi connectivity index (χ4v) is 0.725. The Kier molecular flexibility index (Phi) is 4.73. The molecule has 0 saturated heterocycles. The molecule has 1 aromatic rings. The average Bonchev–Trinajstić information content (AvgIpc) is 1.94. The third-order valence-electron chi connectivity index (χ3n) is 1.25. The maximum Gasteiger partial charge on any atom is 2.00 e. The maximum atomic E-state index is 10.4. The minimum Gasteiger partial charge on any atom is -1.00 e. The molecule has 0 heterocycles. The first-order valence-electron chi connectivity index (χ1n) is 2.93. The molecule has 62 valence electrons. The molecule has 0 aromatic heterocycles. The second kappa shape index (κ2) is 4.78. The third kappa shape index (κ3) is 2.72. The molecule has 4 nitrogen and oxygen atoms in total. The van der Waals surface area contributed by atoms with Gasteiger partial charge in [-0.3, -0.25) is 0 Å². The molecule has 0 saturated carbocycles. The predicted octanol–water partition coefficient (Wildman–Crippen LogP) is 0.517. The Balaban J connectivity index is -0.000000403. The first-order chi connectivity index (χ1) is 5.11. The van der Waals surface area contributed by atoms with Crippen LogP contribution in [0.15, 0.2) is 18.2 Å². The van der Waals surface area contributed by atoms with Crippen molar-refractivity contribution in [2.45, 2.75) is 0 Å². The second-order valence-corrected chi connectivity index (χ2v) is 2.08. The van der Waals surface area contributed by atoms with Crippen molar-refractivity contribution in [1.82, 2.24) is 0 Å². The predicted molar refractivity (Wildman–Crippen MR) is 47.5 cm³/mol. The van der Waals surface area contributed by atoms with Crippen molar-refractivity contribution in [2.24, 2.45) is 0 Å². The number of carboxylic acids is 1. The van der Waals surface area contributed by atoms with Gasteiger partial charge in [0.15, 0.2) is 0 Å². The molecule has 0 bridgehead atoms. The molecule has 0 fully saturated rings. The molecule has 1 aromatic carbocycles. The summed E-state index contributed by atoms with van der Waals surface area (Å²) in [6.07, 6.45) is 0. The van der Waals surface area contributed by atoms with Crippen LogP contribution in [0.3, 0.4) is 0 Å². The summed E-state index contributed by atoms with van der Waals surface area (Å²) in [5.41, 5.74) is 5.43. The standard InChI is InChI=1S/C7H7NO3.Ba.2H/c8-4-1-2-6(9)5(3-4)7(10)11;;;/h1-3,9H,8H2,(H,10,11);;;/q;+2;2*-1. The average molecular weight is 292 g/mol. The molecule has 5 heteroatoms. The monoisotopic (exact) mass is 293 g/mol. The first kappa shape index (κ1) is 11.9. The van der Waals surface area contributed by atoms with Crippen LogP contribution in [0.2, 0.25) is 0 Å². The van der Waals surface area contributed by atoms with E-state index >= 15 is 0 Å². The number of nitrogens with two attached hydrogens (primary N) is 1. The van der Waals surface area contributed by atoms with E-state index in [4.69, 9.17) is 15.9 Å². The third-order valence-corrected chi connectivity index (χ3v) is 1.25. The van der Waals surface area contributed by atoms with Gasteiger partial charge in [-0.2, -0.15) is 0 Å². The molecule has 0 amide bonds. The van der Waals surface area contributed by atoms with Crippen LogP contribution in [0.5, 0.6) is 5.75 Å². The number of carbonyl (C=O) groups is 1. The van der Waals surface area contributed by atoms with Gasteiger partial charge in [0.1, 0.15) is 11.3 Å². The number of benzene rings is 1. The van der Waals surface area contributed by atoms with Crippen molar-refractivity contribution >= 4 is 60.5 Å². The summed E-state index contributed by atoms with van der Waals surface area (Å²) in [5, 5.41) is 17.4. The van der Waals surface area contributed by atoms with Gasteiger partial charge in [0.2, 0.25) is 0 Å². The molecule has 0 unspecified atom stereocenters. The summed E-state index contributed by atoms with van der Waals surface area (Å²) < 4.78 is 0. The zero-order chi connectivity index (χ0) is 8.43. The first-order valence-corrected chi connectivity index (χ1v) is 2.93. The topological polar surface area (TPSA) is 83.5 Å². The number of aromatic carboxylic acids is 1. The molecule has 1 rings (SSSR count). The van der Waals surface area contributed by atoms with E-state index in [1.807, 2.05) is 0 Å². The van der Waals surface area contributed by atoms with Gasteiger partial charge in [0.25, 0.3) is 0 Å². The van der Waals surface area contributed by atoms with Gasteiger partial charge in [-0.05, 0) is 18.2 Å². The van der Waals surface area contributed by atoms with Crippen molar-refractivity contribution in [2.75, 3.05) is 5.73 Å². The van der Waals surface area contributed by atoms with Crippen molar-refractivity contribution in [3.05, 3.63) is 23.8 Å². The molecule has 0 atom stereocenters. The van der Waals surface area contributed by atoms with Crippen molar-refractivity contribution in [1.29, 1.82) is 0 Å². The molecular weight excluding hydrogens is 283 g/mol. The van der Waals surface area contributed by atoms with E-state index in [9.17, 15) is 4.79 Å². The van der Waals surface area contributed by atoms with Gasteiger partial charge in [-0.15, -0.1) is 0 Å². The van der Waals surface area contributed by atoms with Gasteiger partial charge in [-0.25, -0.2) is 4.79 Å². The van der Waals surface area contributed by atoms with E-state index in [1.165, 1.54) is 18.2 Å². The molecular formula is C7H9BaNO3. The summed E-state index contributed by atoms with van der Waals surface area (Å²) in [7, 11) is 0. The number of hydrogen-bond acceptors (Lipinski definition) is 3. The molecule has 0 aliphatic rings. The Morgan fingerprint density at radius 1 is 1.50 bits per heavy atom. The Morgan fingerprint density at radius 3 is 2.50 bits per heavy atom. The summed E-state index contributed by atoms with van der Waals surface area (Å²) in [4.78, 5) is 10.4. The van der Waals surface area contributed by atoms with Crippen molar-refractivity contribution in [3.8, 4) is 5.75 Å². The van der Waals surface area contributed by atoms with Gasteiger partial charge in [0, 0.05) is 5.69 Å². The summed E-state index contributed by atoms with van der Waals surface area (Å²) in [6, 6.07) is 3.89. The Hall–Kier alpha value is -0.139. The zero-order valence-corrected chi connectivity index (χ0v) is 10.8. The van der Waals surface area contributed by atoms with E-state index in [0.29, 0.717) is 5.69 Å². The number of nitrogen functional groups attached to an aromatic ring is 1. The number of rotatable bonds is 1. The summed E-state index contributed by atoms with van der Waals surface area (Å²) in [6.45, 7) is 0. The number of aromatic hydroxyl groups is 1. The molecule has 12 heavy (non-hydrogen) atoms. The fourth-order valence-electron chi connectivity index (χ4n) is 0.725. The van der Waals surface area contributed by atoms with Crippen LogP contribution in [0.25, 0.3) is 0 Å². The van der Waals surface area contributed by atoms with E-state index < -0.39 is 5.97 Å². The van der Waals surface area contributed by atoms with E-state index in [2.05, 4.69) is 0 Å². The van der Waals surface area contributed by atoms with E-state index in [1.54, 1.807) is 0 Å². The Labute approximate surface area is 112 Å². The SMILES string of the molecule is Nc1ccc(O)c(C(=O)O)c1.[Ba+2].[H-].[H-]. The summed E-state index contributed by atoms with van der Waals surface area (Å²) >= 11 is 0. The van der Waals surface area contributed by atoms with Crippen LogP contribution < -0.4 is 5.73 Å². The van der Waals surface area contributed by atoms with Crippen LogP contribution in [-0.2, 0) is 0 Å². The number of phenols is 1. The van der Waals surface area contributed by atoms with Crippen LogP contribution >= 0.6 is 0 Å². The quantitative estimate of drug-likeness (QED) is 0.400. The molecule has 0 aliphatic carbocycles. The molecule has 0 radical (unpaired) electrons. The van der Waals surface area contributed by atoms with E-state index in [0.717, 1.165) is 0 Å². The maximum absolute atomic E-state index is 10.4. The largest absolute Gasteiger partial charge is 2.00 e. The van der Waals surface area contributed by atoms with Crippen molar-refractivity contribution < 1.29 is 17.9 Å². The van der Waals surface area contributed by atoms with E-state index in [-0.39, 0.29) is 63.0 Å². The van der Waals surface area contributed by atoms with Crippen molar-refractivity contribution in [3.63, 3.8) is 0 Å². The van der Waals surface area contributed by atoms with Gasteiger partial charge >= 0.3 is 54.9 Å². The smallest absolute Gasteiger partial charge is 1.00 e. The summed E-state index contributed by atoms with van der Waals surface area (Å²) in [5.74, 6) is -1.46. The van der Waals surface area contributed by atoms with Crippen LogP contribution in [-0.4, -0.2) is 65.1 Å².